The van der Waals surface area contributed by atoms with Crippen LogP contribution in [0.15, 0.2) is 18.2 Å². The highest BCUT2D eigenvalue weighted by molar-refractivity contribution is 8.00. The molecule has 0 aliphatic carbocycles. The Bertz CT molecular complexity index is 496. The number of benzene rings is 1. The van der Waals surface area contributed by atoms with Crippen LogP contribution in [0, 0.1) is 0 Å². The van der Waals surface area contributed by atoms with Crippen molar-refractivity contribution in [1.29, 1.82) is 0 Å². The van der Waals surface area contributed by atoms with E-state index in [0.29, 0.717) is 15.8 Å². The summed E-state index contributed by atoms with van der Waals surface area (Å²) in [6.45, 7) is 1.85. The van der Waals surface area contributed by atoms with Gasteiger partial charge in [0.1, 0.15) is 5.37 Å². The Morgan fingerprint density at radius 1 is 1.35 bits per heavy atom. The minimum absolute atomic E-state index is 0.0643. The molecule has 1 aromatic rings. The molecular weight excluding hydrogens is 315 g/mol. The van der Waals surface area contributed by atoms with Crippen LogP contribution in [0.3, 0.4) is 0 Å². The van der Waals surface area contributed by atoms with Gasteiger partial charge < -0.3 is 9.80 Å². The van der Waals surface area contributed by atoms with E-state index < -0.39 is 0 Å². The predicted molar refractivity (Wildman–Crippen MR) is 85.7 cm³/mol. The second kappa shape index (κ2) is 7.03. The molecular formula is C14H19Cl2N2OS+. The van der Waals surface area contributed by atoms with Gasteiger partial charge in [0.15, 0.2) is 0 Å². The number of rotatable bonds is 5. The summed E-state index contributed by atoms with van der Waals surface area (Å²) in [5.74, 6) is 0.750. The fourth-order valence-corrected chi connectivity index (χ4v) is 3.76. The largest absolute Gasteiger partial charge is 0.340 e. The van der Waals surface area contributed by atoms with E-state index in [1.807, 2.05) is 17.0 Å². The first kappa shape index (κ1) is 16.0. The van der Waals surface area contributed by atoms with E-state index in [-0.39, 0.29) is 11.3 Å². The Morgan fingerprint density at radius 2 is 2.10 bits per heavy atom. The van der Waals surface area contributed by atoms with Crippen LogP contribution in [-0.2, 0) is 4.79 Å². The monoisotopic (exact) mass is 333 g/mol. The summed E-state index contributed by atoms with van der Waals surface area (Å²) in [6.07, 6.45) is 1.01. The van der Waals surface area contributed by atoms with Crippen molar-refractivity contribution >= 4 is 40.9 Å². The summed E-state index contributed by atoms with van der Waals surface area (Å²) in [5, 5.41) is 1.16. The molecule has 1 aromatic carbocycles. The Kier molecular flexibility index (Phi) is 5.61. The second-order valence-corrected chi connectivity index (χ2v) is 7.12. The molecule has 0 spiro atoms. The summed E-state index contributed by atoms with van der Waals surface area (Å²) in [5.41, 5.74) is 1.05. The van der Waals surface area contributed by atoms with Crippen molar-refractivity contribution in [3.8, 4) is 0 Å². The van der Waals surface area contributed by atoms with Gasteiger partial charge in [0.25, 0.3) is 0 Å². The van der Waals surface area contributed by atoms with Gasteiger partial charge in [-0.1, -0.05) is 29.3 Å². The first-order chi connectivity index (χ1) is 9.49. The van der Waals surface area contributed by atoms with Gasteiger partial charge in [-0.05, 0) is 17.7 Å². The Hall–Kier alpha value is -0.420. The zero-order chi connectivity index (χ0) is 14.7. The molecule has 0 unspecified atom stereocenters. The number of thioether (sulfide) groups is 1. The summed E-state index contributed by atoms with van der Waals surface area (Å²) < 4.78 is 0. The topological polar surface area (TPSA) is 24.8 Å². The molecule has 1 atom stereocenters. The minimum Gasteiger partial charge on any atom is -0.340 e. The van der Waals surface area contributed by atoms with Crippen molar-refractivity contribution in [1.82, 2.24) is 4.90 Å². The average molecular weight is 334 g/mol. The third-order valence-corrected chi connectivity index (χ3v) is 5.27. The SMILES string of the molecule is C[NH+](C)CCCN1C(=O)CS[C@@H]1c1ccc(Cl)c(Cl)c1. The highest BCUT2D eigenvalue weighted by atomic mass is 35.5. The maximum atomic E-state index is 12.0. The lowest BCUT2D eigenvalue weighted by molar-refractivity contribution is -0.858. The summed E-state index contributed by atoms with van der Waals surface area (Å²) in [6, 6.07) is 5.61. The third kappa shape index (κ3) is 3.82. The number of amides is 1. The second-order valence-electron chi connectivity index (χ2n) is 5.23. The molecule has 2 rings (SSSR count). The summed E-state index contributed by atoms with van der Waals surface area (Å²) in [7, 11) is 4.24. The van der Waals surface area contributed by atoms with Gasteiger partial charge in [-0.15, -0.1) is 11.8 Å². The average Bonchev–Trinajstić information content (AvgIpc) is 2.74. The van der Waals surface area contributed by atoms with Gasteiger partial charge in [0.2, 0.25) is 5.91 Å². The van der Waals surface area contributed by atoms with Gasteiger partial charge >= 0.3 is 0 Å². The number of halogens is 2. The maximum absolute atomic E-state index is 12.0. The van der Waals surface area contributed by atoms with Crippen molar-refractivity contribution in [2.24, 2.45) is 0 Å². The van der Waals surface area contributed by atoms with Gasteiger partial charge in [0, 0.05) is 13.0 Å². The van der Waals surface area contributed by atoms with Crippen LogP contribution in [-0.4, -0.2) is 43.7 Å². The summed E-state index contributed by atoms with van der Waals surface area (Å²) in [4.78, 5) is 15.4. The first-order valence-corrected chi connectivity index (χ1v) is 8.44. The zero-order valence-corrected chi connectivity index (χ0v) is 14.0. The molecule has 1 fully saturated rings. The van der Waals surface area contributed by atoms with Crippen LogP contribution in [0.1, 0.15) is 17.4 Å². The molecule has 3 nitrogen and oxygen atoms in total. The zero-order valence-electron chi connectivity index (χ0n) is 11.7. The number of nitrogens with one attached hydrogen (secondary N) is 1. The molecule has 0 saturated carbocycles. The van der Waals surface area contributed by atoms with Crippen molar-refractivity contribution in [3.05, 3.63) is 33.8 Å². The molecule has 6 heteroatoms. The lowest BCUT2D eigenvalue weighted by atomic mass is 10.2. The number of carbonyl (C=O) groups excluding carboxylic acids is 1. The molecule has 1 N–H and O–H groups in total. The summed E-state index contributed by atoms with van der Waals surface area (Å²) >= 11 is 13.7. The molecule has 1 amide bonds. The molecule has 1 aliphatic heterocycles. The molecule has 20 heavy (non-hydrogen) atoms. The Labute approximate surface area is 134 Å². The van der Waals surface area contributed by atoms with Crippen molar-refractivity contribution < 1.29 is 9.69 Å². The fourth-order valence-electron chi connectivity index (χ4n) is 2.24. The normalized spacial score (nSPS) is 19.1. The van der Waals surface area contributed by atoms with Crippen LogP contribution in [0.25, 0.3) is 0 Å². The quantitative estimate of drug-likeness (QED) is 0.892. The lowest BCUT2D eigenvalue weighted by Crippen LogP contribution is -3.05. The molecule has 0 aromatic heterocycles. The van der Waals surface area contributed by atoms with Crippen molar-refractivity contribution in [2.45, 2.75) is 11.8 Å². The van der Waals surface area contributed by atoms with E-state index in [1.54, 1.807) is 17.8 Å². The van der Waals surface area contributed by atoms with Crippen LogP contribution in [0.4, 0.5) is 0 Å². The van der Waals surface area contributed by atoms with Gasteiger partial charge in [-0.2, -0.15) is 0 Å². The smallest absolute Gasteiger partial charge is 0.233 e. The van der Waals surface area contributed by atoms with E-state index in [0.717, 1.165) is 25.1 Å². The Morgan fingerprint density at radius 3 is 2.75 bits per heavy atom. The van der Waals surface area contributed by atoms with Crippen LogP contribution in [0.5, 0.6) is 0 Å². The van der Waals surface area contributed by atoms with E-state index in [2.05, 4.69) is 14.1 Å². The molecule has 0 bridgehead atoms. The van der Waals surface area contributed by atoms with Crippen LogP contribution >= 0.6 is 35.0 Å². The molecule has 0 radical (unpaired) electrons. The van der Waals surface area contributed by atoms with Crippen molar-refractivity contribution in [3.63, 3.8) is 0 Å². The van der Waals surface area contributed by atoms with E-state index in [1.165, 1.54) is 4.90 Å². The Balaban J connectivity index is 2.08. The standard InChI is InChI=1S/C14H18Cl2N2OS/c1-17(2)6-3-7-18-13(19)9-20-14(18)10-4-5-11(15)12(16)8-10/h4-5,8,14H,3,6-7,9H2,1-2H3/p+1/t14-/m1/s1. The molecule has 1 aliphatic rings. The van der Waals surface area contributed by atoms with Gasteiger partial charge in [0.05, 0.1) is 36.4 Å². The van der Waals surface area contributed by atoms with E-state index >= 15 is 0 Å². The molecule has 110 valence electrons. The minimum atomic E-state index is 0.0643. The number of hydrogen-bond acceptors (Lipinski definition) is 2. The van der Waals surface area contributed by atoms with Gasteiger partial charge in [-0.3, -0.25) is 4.79 Å². The number of quaternary nitrogens is 1. The highest BCUT2D eigenvalue weighted by Gasteiger charge is 2.32. The van der Waals surface area contributed by atoms with Crippen molar-refractivity contribution in [2.75, 3.05) is 32.9 Å². The first-order valence-electron chi connectivity index (χ1n) is 6.64. The number of nitrogens with zero attached hydrogens (tertiary/aromatic N) is 1. The van der Waals surface area contributed by atoms with Crippen LogP contribution in [0.2, 0.25) is 10.0 Å². The van der Waals surface area contributed by atoms with E-state index in [4.69, 9.17) is 23.2 Å². The van der Waals surface area contributed by atoms with E-state index in [9.17, 15) is 4.79 Å². The predicted octanol–water partition coefficient (Wildman–Crippen LogP) is 2.10. The number of hydrogen-bond donors (Lipinski definition) is 1. The third-order valence-electron chi connectivity index (χ3n) is 3.27. The number of carbonyl (C=O) groups is 1. The molecule has 1 saturated heterocycles. The van der Waals surface area contributed by atoms with Gasteiger partial charge in [-0.25, -0.2) is 0 Å². The highest BCUT2D eigenvalue weighted by Crippen LogP contribution is 2.40. The molecule has 1 heterocycles. The lowest BCUT2D eigenvalue weighted by Gasteiger charge is -2.24. The maximum Gasteiger partial charge on any atom is 0.233 e. The fraction of sp³-hybridized carbons (Fsp3) is 0.500. The van der Waals surface area contributed by atoms with Crippen LogP contribution < -0.4 is 4.90 Å².